The Hall–Kier alpha value is -0.240. The molecule has 0 radical (unpaired) electrons. The number of hydrogen-bond acceptors (Lipinski definition) is 4. The topological polar surface area (TPSA) is 53.2 Å². The fourth-order valence-corrected chi connectivity index (χ4v) is 0.158. The minimum absolute atomic E-state index is 0.0683. The molecule has 0 saturated carbocycles. The Kier molecular flexibility index (Phi) is 4.57. The average Bonchev–Trinajstić information content (AvgIpc) is 1.61. The van der Waals surface area contributed by atoms with Crippen LogP contribution in [-0.4, -0.2) is 11.2 Å². The van der Waals surface area contributed by atoms with Crippen molar-refractivity contribution < 1.29 is 8.74 Å². The molecule has 0 aliphatic rings. The second-order valence-corrected chi connectivity index (χ2v) is 0.880. The van der Waals surface area contributed by atoms with E-state index in [2.05, 4.69) is 4.18 Å². The van der Waals surface area contributed by atoms with E-state index < -0.39 is 0 Å². The Balaban J connectivity index is 2.54. The van der Waals surface area contributed by atoms with E-state index in [1.807, 2.05) is 0 Å². The van der Waals surface area contributed by atoms with E-state index >= 15 is 0 Å². The van der Waals surface area contributed by atoms with E-state index in [1.165, 1.54) is 0 Å². The van der Waals surface area contributed by atoms with Crippen molar-refractivity contribution in [3.63, 3.8) is 0 Å². The van der Waals surface area contributed by atoms with Crippen molar-refractivity contribution in [1.29, 1.82) is 5.26 Å². The van der Waals surface area contributed by atoms with Crippen LogP contribution in [0.1, 0.15) is 0 Å². The van der Waals surface area contributed by atoms with E-state index in [1.54, 1.807) is 6.07 Å². The molecule has 0 aliphatic carbocycles. The molecule has 0 aromatic rings. The fraction of sp³-hybridized carbons (Fsp3) is 0.500. The lowest BCUT2D eigenvalue weighted by molar-refractivity contribution is 0.393. The first-order valence-corrected chi connectivity index (χ1v) is 1.91. The van der Waals surface area contributed by atoms with Gasteiger partial charge in [-0.2, -0.15) is 5.26 Å². The van der Waals surface area contributed by atoms with Crippen LogP contribution < -0.4 is 0 Å². The van der Waals surface area contributed by atoms with Gasteiger partial charge in [0.05, 0.1) is 6.07 Å². The smallest absolute Gasteiger partial charge is 0.156 e. The van der Waals surface area contributed by atoms with E-state index in [0.29, 0.717) is 0 Å². The highest BCUT2D eigenvalue weighted by molar-refractivity contribution is 7.88. The molecular formula is C2H3NO2S. The number of rotatable bonds is 2. The summed E-state index contributed by atoms with van der Waals surface area (Å²) in [5.41, 5.74) is 0. The second kappa shape index (κ2) is 4.76. The molecular weight excluding hydrogens is 102 g/mol. The van der Waals surface area contributed by atoms with Gasteiger partial charge < -0.3 is 4.55 Å². The molecule has 0 heterocycles. The molecule has 4 heteroatoms. The summed E-state index contributed by atoms with van der Waals surface area (Å²) in [6, 6.07) is 1.67. The number of nitriles is 1. The largest absolute Gasteiger partial charge is 0.307 e. The first-order valence-electron chi connectivity index (χ1n) is 1.22. The van der Waals surface area contributed by atoms with Gasteiger partial charge in [-0.1, -0.05) is 0 Å². The summed E-state index contributed by atoms with van der Waals surface area (Å²) < 4.78 is 11.8. The standard InChI is InChI=1S/C2H3NO2S/c3-1-2-5-6-4/h4H,2H2. The van der Waals surface area contributed by atoms with Crippen LogP contribution >= 0.6 is 12.3 Å². The van der Waals surface area contributed by atoms with Crippen molar-refractivity contribution in [2.24, 2.45) is 0 Å². The van der Waals surface area contributed by atoms with Crippen molar-refractivity contribution in [3.05, 3.63) is 0 Å². The minimum atomic E-state index is -0.0683. The van der Waals surface area contributed by atoms with E-state index in [9.17, 15) is 0 Å². The molecule has 0 rings (SSSR count). The van der Waals surface area contributed by atoms with Crippen LogP contribution in [0.3, 0.4) is 0 Å². The molecule has 0 amide bonds. The summed E-state index contributed by atoms with van der Waals surface area (Å²) in [4.78, 5) is 0. The summed E-state index contributed by atoms with van der Waals surface area (Å²) in [6.07, 6.45) is 0. The summed E-state index contributed by atoms with van der Waals surface area (Å²) in [5.74, 6) is 0. The maximum atomic E-state index is 7.74. The van der Waals surface area contributed by atoms with Crippen LogP contribution in [0.5, 0.6) is 0 Å². The van der Waals surface area contributed by atoms with Gasteiger partial charge in [0, 0.05) is 0 Å². The molecule has 0 aromatic heterocycles. The van der Waals surface area contributed by atoms with Gasteiger partial charge in [-0.05, 0) is 0 Å². The third-order valence-electron chi connectivity index (χ3n) is 0.176. The molecule has 0 fully saturated rings. The van der Waals surface area contributed by atoms with Crippen molar-refractivity contribution >= 4 is 12.3 Å². The highest BCUT2D eigenvalue weighted by Crippen LogP contribution is 1.89. The van der Waals surface area contributed by atoms with E-state index in [-0.39, 0.29) is 18.9 Å². The third-order valence-corrected chi connectivity index (χ3v) is 0.399. The second-order valence-electron chi connectivity index (χ2n) is 0.495. The summed E-state index contributed by atoms with van der Waals surface area (Å²) >= 11 is 0.204. The monoisotopic (exact) mass is 105 g/mol. The van der Waals surface area contributed by atoms with Crippen LogP contribution in [0, 0.1) is 11.3 Å². The van der Waals surface area contributed by atoms with Gasteiger partial charge in [-0.3, -0.25) is 4.18 Å². The summed E-state index contributed by atoms with van der Waals surface area (Å²) in [6.45, 7) is -0.0683. The fourth-order valence-electron chi connectivity index (χ4n) is 0.0527. The Morgan fingerprint density at radius 1 is 2.00 bits per heavy atom. The normalized spacial score (nSPS) is 7.33. The first kappa shape index (κ1) is 5.76. The van der Waals surface area contributed by atoms with Crippen molar-refractivity contribution in [2.45, 2.75) is 0 Å². The van der Waals surface area contributed by atoms with Gasteiger partial charge in [-0.15, -0.1) is 0 Å². The summed E-state index contributed by atoms with van der Waals surface area (Å²) in [5, 5.41) is 7.70. The molecule has 0 bridgehead atoms. The quantitative estimate of drug-likeness (QED) is 0.413. The molecule has 0 saturated heterocycles. The van der Waals surface area contributed by atoms with Crippen molar-refractivity contribution in [3.8, 4) is 6.07 Å². The zero-order valence-corrected chi connectivity index (χ0v) is 3.73. The predicted octanol–water partition coefficient (Wildman–Crippen LogP) is 0.648. The molecule has 1 N–H and O–H groups in total. The average molecular weight is 105 g/mol. The molecule has 0 unspecified atom stereocenters. The highest BCUT2D eigenvalue weighted by atomic mass is 32.2. The molecule has 0 atom stereocenters. The Morgan fingerprint density at radius 3 is 2.83 bits per heavy atom. The maximum Gasteiger partial charge on any atom is 0.156 e. The van der Waals surface area contributed by atoms with Crippen LogP contribution in [-0.2, 0) is 4.18 Å². The first-order chi connectivity index (χ1) is 2.91. The minimum Gasteiger partial charge on any atom is -0.307 e. The van der Waals surface area contributed by atoms with Crippen LogP contribution in [0.4, 0.5) is 0 Å². The lowest BCUT2D eigenvalue weighted by atomic mass is 10.9. The van der Waals surface area contributed by atoms with E-state index in [0.717, 1.165) is 0 Å². The van der Waals surface area contributed by atoms with Crippen LogP contribution in [0.25, 0.3) is 0 Å². The van der Waals surface area contributed by atoms with Crippen molar-refractivity contribution in [2.75, 3.05) is 6.61 Å². The Morgan fingerprint density at radius 2 is 2.67 bits per heavy atom. The zero-order valence-electron chi connectivity index (χ0n) is 2.92. The van der Waals surface area contributed by atoms with Crippen molar-refractivity contribution in [1.82, 2.24) is 0 Å². The SMILES string of the molecule is N#CCOSO. The molecule has 0 aromatic carbocycles. The van der Waals surface area contributed by atoms with E-state index in [4.69, 9.17) is 9.81 Å². The molecule has 0 aliphatic heterocycles. The van der Waals surface area contributed by atoms with Gasteiger partial charge in [0.1, 0.15) is 0 Å². The van der Waals surface area contributed by atoms with Gasteiger partial charge in [0.25, 0.3) is 0 Å². The zero-order chi connectivity index (χ0) is 4.83. The molecule has 34 valence electrons. The van der Waals surface area contributed by atoms with Gasteiger partial charge in [0.2, 0.25) is 0 Å². The Bertz CT molecular complexity index is 59.1. The van der Waals surface area contributed by atoms with Gasteiger partial charge in [0.15, 0.2) is 18.9 Å². The maximum absolute atomic E-state index is 7.74. The molecule has 6 heavy (non-hydrogen) atoms. The Labute approximate surface area is 39.9 Å². The van der Waals surface area contributed by atoms with Crippen LogP contribution in [0.2, 0.25) is 0 Å². The lowest BCUT2D eigenvalue weighted by Gasteiger charge is -1.80. The van der Waals surface area contributed by atoms with Crippen LogP contribution in [0.15, 0.2) is 0 Å². The predicted molar refractivity (Wildman–Crippen MR) is 21.8 cm³/mol. The van der Waals surface area contributed by atoms with Gasteiger partial charge in [-0.25, -0.2) is 0 Å². The number of nitrogens with zero attached hydrogens (tertiary/aromatic N) is 1. The molecule has 0 spiro atoms. The molecule has 3 nitrogen and oxygen atoms in total. The highest BCUT2D eigenvalue weighted by Gasteiger charge is 1.74. The lowest BCUT2D eigenvalue weighted by Crippen LogP contribution is -1.75. The van der Waals surface area contributed by atoms with Gasteiger partial charge >= 0.3 is 0 Å². The summed E-state index contributed by atoms with van der Waals surface area (Å²) in [7, 11) is 0. The number of hydrogen-bond donors (Lipinski definition) is 1. The third kappa shape index (κ3) is 3.76.